The molecule has 0 fully saturated rings. The second-order valence-electron chi connectivity index (χ2n) is 10.5. The fourth-order valence-electron chi connectivity index (χ4n) is 3.89. The number of hydrogen-bond donors (Lipinski definition) is 1. The lowest BCUT2D eigenvalue weighted by Crippen LogP contribution is -2.54. The van der Waals surface area contributed by atoms with E-state index in [9.17, 15) is 22.4 Å². The van der Waals surface area contributed by atoms with Crippen LogP contribution in [0.2, 0.25) is 10.0 Å². The predicted molar refractivity (Wildman–Crippen MR) is 156 cm³/mol. The number of amides is 2. The van der Waals surface area contributed by atoms with Crippen molar-refractivity contribution in [2.45, 2.75) is 57.6 Å². The molecule has 0 saturated heterocycles. The number of halogens is 3. The van der Waals surface area contributed by atoms with Gasteiger partial charge in [0.05, 0.1) is 10.6 Å². The van der Waals surface area contributed by atoms with Gasteiger partial charge in [-0.05, 0) is 82.6 Å². The number of benzene rings is 3. The van der Waals surface area contributed by atoms with E-state index in [1.165, 1.54) is 59.5 Å². The van der Waals surface area contributed by atoms with Crippen LogP contribution in [0.5, 0.6) is 0 Å². The van der Waals surface area contributed by atoms with Crippen LogP contribution in [0.25, 0.3) is 0 Å². The molecule has 0 radical (unpaired) electrons. The molecular formula is C29H32Cl2FN3O4S. The number of sulfonamides is 1. The third kappa shape index (κ3) is 8.19. The maximum absolute atomic E-state index is 13.9. The van der Waals surface area contributed by atoms with Crippen LogP contribution in [0.15, 0.2) is 71.6 Å². The monoisotopic (exact) mass is 607 g/mol. The molecule has 3 aromatic carbocycles. The van der Waals surface area contributed by atoms with Gasteiger partial charge in [0.15, 0.2) is 0 Å². The summed E-state index contributed by atoms with van der Waals surface area (Å²) >= 11 is 12.4. The van der Waals surface area contributed by atoms with Gasteiger partial charge in [0.1, 0.15) is 18.4 Å². The van der Waals surface area contributed by atoms with Crippen molar-refractivity contribution in [1.29, 1.82) is 0 Å². The van der Waals surface area contributed by atoms with E-state index in [1.54, 1.807) is 19.1 Å². The van der Waals surface area contributed by atoms with Crippen LogP contribution >= 0.6 is 23.2 Å². The Balaban J connectivity index is 2.07. The van der Waals surface area contributed by atoms with Gasteiger partial charge >= 0.3 is 0 Å². The molecule has 214 valence electrons. The maximum atomic E-state index is 13.9. The Kier molecular flexibility index (Phi) is 9.87. The average Bonchev–Trinajstić information content (AvgIpc) is 2.85. The Morgan fingerprint density at radius 3 is 2.02 bits per heavy atom. The molecule has 0 bridgehead atoms. The molecule has 0 aliphatic carbocycles. The molecule has 0 aliphatic heterocycles. The van der Waals surface area contributed by atoms with Gasteiger partial charge in [-0.3, -0.25) is 13.9 Å². The number of aryl methyl sites for hydroxylation is 1. The van der Waals surface area contributed by atoms with E-state index < -0.39 is 45.8 Å². The normalized spacial score (nSPS) is 12.5. The first-order chi connectivity index (χ1) is 18.6. The highest BCUT2D eigenvalue weighted by molar-refractivity contribution is 7.92. The lowest BCUT2D eigenvalue weighted by atomic mass is 10.1. The van der Waals surface area contributed by atoms with E-state index in [-0.39, 0.29) is 27.2 Å². The molecule has 2 amide bonds. The molecule has 0 aliphatic rings. The van der Waals surface area contributed by atoms with Crippen LogP contribution in [0, 0.1) is 12.7 Å². The Morgan fingerprint density at radius 2 is 1.50 bits per heavy atom. The summed E-state index contributed by atoms with van der Waals surface area (Å²) in [5.74, 6) is -1.54. The lowest BCUT2D eigenvalue weighted by molar-refractivity contribution is -0.140. The highest BCUT2D eigenvalue weighted by Gasteiger charge is 2.33. The summed E-state index contributed by atoms with van der Waals surface area (Å²) in [6, 6.07) is 15.0. The van der Waals surface area contributed by atoms with Crippen LogP contribution in [-0.2, 0) is 26.2 Å². The fraction of sp³-hybridized carbons (Fsp3) is 0.310. The van der Waals surface area contributed by atoms with E-state index in [1.807, 2.05) is 27.7 Å². The SMILES string of the molecule is Cc1ccc(S(=O)(=O)N(CC(=O)N(Cc2ccc(F)cc2)[C@H](C)C(=O)NC(C)(C)C)c2cc(Cl)cc(Cl)c2)cc1. The third-order valence-electron chi connectivity index (χ3n) is 5.95. The Bertz CT molecular complexity index is 1450. The molecule has 0 aromatic heterocycles. The number of rotatable bonds is 9. The van der Waals surface area contributed by atoms with Gasteiger partial charge in [-0.2, -0.15) is 0 Å². The largest absolute Gasteiger partial charge is 0.350 e. The van der Waals surface area contributed by atoms with E-state index >= 15 is 0 Å². The number of nitrogens with one attached hydrogen (secondary N) is 1. The molecule has 0 unspecified atom stereocenters. The summed E-state index contributed by atoms with van der Waals surface area (Å²) in [5, 5.41) is 3.21. The topological polar surface area (TPSA) is 86.8 Å². The maximum Gasteiger partial charge on any atom is 0.264 e. The van der Waals surface area contributed by atoms with E-state index in [0.29, 0.717) is 5.56 Å². The van der Waals surface area contributed by atoms with Gasteiger partial charge in [0.2, 0.25) is 11.8 Å². The third-order valence-corrected chi connectivity index (χ3v) is 8.18. The molecule has 11 heteroatoms. The first-order valence-corrected chi connectivity index (χ1v) is 14.7. The summed E-state index contributed by atoms with van der Waals surface area (Å²) < 4.78 is 42.2. The van der Waals surface area contributed by atoms with Gasteiger partial charge in [-0.1, -0.05) is 53.0 Å². The summed E-state index contributed by atoms with van der Waals surface area (Å²) in [7, 11) is -4.27. The van der Waals surface area contributed by atoms with Crippen molar-refractivity contribution >= 4 is 50.7 Å². The Labute approximate surface area is 244 Å². The van der Waals surface area contributed by atoms with Crippen LogP contribution in [0.4, 0.5) is 10.1 Å². The van der Waals surface area contributed by atoms with Crippen molar-refractivity contribution in [3.8, 4) is 0 Å². The molecule has 3 rings (SSSR count). The molecule has 7 nitrogen and oxygen atoms in total. The average molecular weight is 609 g/mol. The summed E-state index contributed by atoms with van der Waals surface area (Å²) in [6.07, 6.45) is 0. The fourth-order valence-corrected chi connectivity index (χ4v) is 5.81. The molecule has 0 saturated carbocycles. The molecule has 40 heavy (non-hydrogen) atoms. The van der Waals surface area contributed by atoms with Crippen LogP contribution in [-0.4, -0.2) is 43.3 Å². The highest BCUT2D eigenvalue weighted by Crippen LogP contribution is 2.30. The molecule has 1 N–H and O–H groups in total. The predicted octanol–water partition coefficient (Wildman–Crippen LogP) is 5.97. The first kappa shape index (κ1) is 31.4. The summed E-state index contributed by atoms with van der Waals surface area (Å²) in [5.41, 5.74) is 0.925. The smallest absolute Gasteiger partial charge is 0.264 e. The minimum absolute atomic E-state index is 0.0365. The minimum Gasteiger partial charge on any atom is -0.350 e. The zero-order chi connectivity index (χ0) is 29.8. The number of carbonyl (C=O) groups is 2. The van der Waals surface area contributed by atoms with Crippen LogP contribution in [0.1, 0.15) is 38.8 Å². The van der Waals surface area contributed by atoms with E-state index in [4.69, 9.17) is 23.2 Å². The zero-order valence-corrected chi connectivity index (χ0v) is 25.2. The van der Waals surface area contributed by atoms with Gasteiger partial charge in [0, 0.05) is 22.1 Å². The highest BCUT2D eigenvalue weighted by atomic mass is 35.5. The van der Waals surface area contributed by atoms with E-state index in [0.717, 1.165) is 9.87 Å². The molecule has 0 heterocycles. The zero-order valence-electron chi connectivity index (χ0n) is 22.9. The van der Waals surface area contributed by atoms with Gasteiger partial charge < -0.3 is 10.2 Å². The number of carbonyl (C=O) groups excluding carboxylic acids is 2. The van der Waals surface area contributed by atoms with Crippen molar-refractivity contribution in [2.75, 3.05) is 10.8 Å². The van der Waals surface area contributed by atoms with Crippen molar-refractivity contribution in [3.63, 3.8) is 0 Å². The Morgan fingerprint density at radius 1 is 0.950 bits per heavy atom. The van der Waals surface area contributed by atoms with Crippen molar-refractivity contribution in [1.82, 2.24) is 10.2 Å². The van der Waals surface area contributed by atoms with Crippen molar-refractivity contribution in [2.24, 2.45) is 0 Å². The molecular weight excluding hydrogens is 576 g/mol. The first-order valence-electron chi connectivity index (χ1n) is 12.5. The molecule has 1 atom stereocenters. The summed E-state index contributed by atoms with van der Waals surface area (Å²) in [4.78, 5) is 28.2. The van der Waals surface area contributed by atoms with Crippen LogP contribution < -0.4 is 9.62 Å². The quantitative estimate of drug-likeness (QED) is 0.325. The number of nitrogens with zero attached hydrogens (tertiary/aromatic N) is 2. The van der Waals surface area contributed by atoms with Crippen molar-refractivity contribution in [3.05, 3.63) is 93.7 Å². The standard InChI is InChI=1S/C29H32Cl2FN3O4S/c1-19-6-12-26(13-7-19)40(38,39)35(25-15-22(30)14-23(31)16-25)18-27(36)34(17-21-8-10-24(32)11-9-21)20(2)28(37)33-29(3,4)5/h6-16,20H,17-18H2,1-5H3,(H,33,37)/t20-/m1/s1. The van der Waals surface area contributed by atoms with Gasteiger partial charge in [-0.15, -0.1) is 0 Å². The lowest BCUT2D eigenvalue weighted by Gasteiger charge is -2.33. The summed E-state index contributed by atoms with van der Waals surface area (Å²) in [6.45, 7) is 8.09. The van der Waals surface area contributed by atoms with Gasteiger partial charge in [0.25, 0.3) is 10.0 Å². The molecule has 3 aromatic rings. The second kappa shape index (κ2) is 12.6. The Hall–Kier alpha value is -3.14. The van der Waals surface area contributed by atoms with Crippen LogP contribution in [0.3, 0.4) is 0 Å². The molecule has 0 spiro atoms. The number of hydrogen-bond acceptors (Lipinski definition) is 4. The van der Waals surface area contributed by atoms with Gasteiger partial charge in [-0.25, -0.2) is 12.8 Å². The van der Waals surface area contributed by atoms with E-state index in [2.05, 4.69) is 5.32 Å². The van der Waals surface area contributed by atoms with Crippen molar-refractivity contribution < 1.29 is 22.4 Å². The minimum atomic E-state index is -4.27. The number of anilines is 1. The second-order valence-corrected chi connectivity index (χ2v) is 13.3.